The highest BCUT2D eigenvalue weighted by molar-refractivity contribution is 5.96. The number of aryl methyl sites for hydroxylation is 1. The van der Waals surface area contributed by atoms with Crippen molar-refractivity contribution in [1.29, 1.82) is 0 Å². The Bertz CT molecular complexity index is 1010. The number of nitrogens with one attached hydrogen (secondary N) is 1. The Kier molecular flexibility index (Phi) is 9.07. The fourth-order valence-electron chi connectivity index (χ4n) is 3.48. The van der Waals surface area contributed by atoms with Gasteiger partial charge in [-0.05, 0) is 53.8 Å². The van der Waals surface area contributed by atoms with Gasteiger partial charge in [0.1, 0.15) is 18.4 Å². The van der Waals surface area contributed by atoms with E-state index in [1.807, 2.05) is 30.3 Å². The molecule has 0 fully saturated rings. The largest absolute Gasteiger partial charge is 0.489 e. The lowest BCUT2D eigenvalue weighted by atomic mass is 10.1. The highest BCUT2D eigenvalue weighted by atomic mass is 16.5. The number of benzene rings is 3. The summed E-state index contributed by atoms with van der Waals surface area (Å²) in [4.78, 5) is 24.9. The predicted octanol–water partition coefficient (Wildman–Crippen LogP) is 5.12. The molecule has 1 atom stereocenters. The fraction of sp³-hybridized carbons (Fsp3) is 0.286. The van der Waals surface area contributed by atoms with E-state index in [2.05, 4.69) is 36.5 Å². The molecule has 0 aliphatic heterocycles. The fourth-order valence-corrected chi connectivity index (χ4v) is 3.48. The van der Waals surface area contributed by atoms with Crippen LogP contribution >= 0.6 is 0 Å². The number of carbonyl (C=O) groups excluding carboxylic acids is 2. The molecule has 0 aromatic heterocycles. The first-order chi connectivity index (χ1) is 16.1. The minimum absolute atomic E-state index is 0.337. The number of ether oxygens (including phenoxy) is 2. The second kappa shape index (κ2) is 12.4. The second-order valence-electron chi connectivity index (χ2n) is 7.97. The van der Waals surface area contributed by atoms with Gasteiger partial charge in [0.25, 0.3) is 5.91 Å². The van der Waals surface area contributed by atoms with E-state index in [1.54, 1.807) is 24.3 Å². The zero-order valence-electron chi connectivity index (χ0n) is 19.3. The Balaban J connectivity index is 1.55. The van der Waals surface area contributed by atoms with Crippen molar-refractivity contribution in [1.82, 2.24) is 5.32 Å². The summed E-state index contributed by atoms with van der Waals surface area (Å²) in [5.74, 6) is -0.140. The lowest BCUT2D eigenvalue weighted by molar-refractivity contribution is -0.142. The van der Waals surface area contributed by atoms with Crippen LogP contribution in [-0.4, -0.2) is 25.0 Å². The van der Waals surface area contributed by atoms with Gasteiger partial charge >= 0.3 is 5.97 Å². The third-order valence-corrected chi connectivity index (χ3v) is 5.44. The third-order valence-electron chi connectivity index (χ3n) is 5.44. The van der Waals surface area contributed by atoms with Crippen LogP contribution in [0.4, 0.5) is 0 Å². The van der Waals surface area contributed by atoms with Crippen LogP contribution in [0.5, 0.6) is 5.75 Å². The van der Waals surface area contributed by atoms with Crippen LogP contribution in [0, 0.1) is 0 Å². The molecule has 3 aromatic rings. The van der Waals surface area contributed by atoms with Crippen LogP contribution in [0.2, 0.25) is 0 Å². The first-order valence-corrected chi connectivity index (χ1v) is 11.3. The Morgan fingerprint density at radius 3 is 2.15 bits per heavy atom. The quantitative estimate of drug-likeness (QED) is 0.416. The summed E-state index contributed by atoms with van der Waals surface area (Å²) < 4.78 is 10.7. The van der Waals surface area contributed by atoms with E-state index < -0.39 is 12.0 Å². The monoisotopic (exact) mass is 445 g/mol. The maximum Gasteiger partial charge on any atom is 0.328 e. The first-order valence-electron chi connectivity index (χ1n) is 11.3. The number of carbonyl (C=O) groups is 2. The van der Waals surface area contributed by atoms with Gasteiger partial charge in [-0.1, -0.05) is 67.9 Å². The molecule has 33 heavy (non-hydrogen) atoms. The van der Waals surface area contributed by atoms with Gasteiger partial charge in [0.2, 0.25) is 0 Å². The number of esters is 1. The molecule has 1 amide bonds. The first kappa shape index (κ1) is 24.1. The van der Waals surface area contributed by atoms with Crippen LogP contribution in [0.25, 0.3) is 0 Å². The van der Waals surface area contributed by atoms with Gasteiger partial charge in [0.15, 0.2) is 0 Å². The summed E-state index contributed by atoms with van der Waals surface area (Å²) in [7, 11) is 1.32. The van der Waals surface area contributed by atoms with E-state index in [9.17, 15) is 9.59 Å². The molecule has 0 saturated carbocycles. The van der Waals surface area contributed by atoms with E-state index >= 15 is 0 Å². The number of amides is 1. The average molecular weight is 446 g/mol. The van der Waals surface area contributed by atoms with E-state index in [1.165, 1.54) is 25.5 Å². The predicted molar refractivity (Wildman–Crippen MR) is 129 cm³/mol. The van der Waals surface area contributed by atoms with Crippen LogP contribution in [0.3, 0.4) is 0 Å². The van der Waals surface area contributed by atoms with Crippen molar-refractivity contribution >= 4 is 11.9 Å². The average Bonchev–Trinajstić information content (AvgIpc) is 2.86. The highest BCUT2D eigenvalue weighted by Gasteiger charge is 2.22. The van der Waals surface area contributed by atoms with Crippen LogP contribution in [0.15, 0.2) is 78.9 Å². The maximum absolute atomic E-state index is 12.7. The van der Waals surface area contributed by atoms with Gasteiger partial charge in [0.05, 0.1) is 7.11 Å². The molecular weight excluding hydrogens is 414 g/mol. The Morgan fingerprint density at radius 1 is 0.848 bits per heavy atom. The summed E-state index contributed by atoms with van der Waals surface area (Å²) in [6, 6.07) is 24.1. The summed E-state index contributed by atoms with van der Waals surface area (Å²) in [6.45, 7) is 2.65. The van der Waals surface area contributed by atoms with Gasteiger partial charge in [-0.15, -0.1) is 0 Å². The zero-order valence-corrected chi connectivity index (χ0v) is 19.3. The minimum atomic E-state index is -0.763. The number of unbranched alkanes of at least 4 members (excludes halogenated alkanes) is 1. The van der Waals surface area contributed by atoms with Crippen molar-refractivity contribution in [3.05, 3.63) is 101 Å². The Morgan fingerprint density at radius 2 is 1.52 bits per heavy atom. The molecule has 0 spiro atoms. The molecule has 5 nitrogen and oxygen atoms in total. The van der Waals surface area contributed by atoms with E-state index in [-0.39, 0.29) is 5.91 Å². The van der Waals surface area contributed by atoms with E-state index in [0.717, 1.165) is 17.5 Å². The van der Waals surface area contributed by atoms with Crippen molar-refractivity contribution < 1.29 is 19.1 Å². The summed E-state index contributed by atoms with van der Waals surface area (Å²) in [5.41, 5.74) is 3.83. The van der Waals surface area contributed by atoms with Gasteiger partial charge in [-0.25, -0.2) is 4.79 Å². The molecule has 0 aliphatic carbocycles. The molecule has 172 valence electrons. The van der Waals surface area contributed by atoms with Crippen molar-refractivity contribution in [2.24, 2.45) is 0 Å². The molecule has 3 aromatic carbocycles. The third kappa shape index (κ3) is 7.49. The molecule has 0 heterocycles. The standard InChI is InChI=1S/C28H31NO4/c1-3-4-8-21-11-13-23(14-12-21)20-33-25-17-15-24(16-18-25)27(30)29-26(28(31)32-2)19-22-9-6-5-7-10-22/h5-7,9-18,26H,3-4,8,19-20H2,1-2H3,(H,29,30). The SMILES string of the molecule is CCCCc1ccc(COc2ccc(C(=O)NC(Cc3ccccc3)C(=O)OC)cc2)cc1. The lowest BCUT2D eigenvalue weighted by Crippen LogP contribution is -2.43. The van der Waals surface area contributed by atoms with Crippen molar-refractivity contribution in [3.63, 3.8) is 0 Å². The summed E-state index contributed by atoms with van der Waals surface area (Å²) in [5, 5.41) is 2.78. The van der Waals surface area contributed by atoms with Crippen LogP contribution in [0.1, 0.15) is 46.8 Å². The molecule has 1 unspecified atom stereocenters. The molecule has 0 aliphatic rings. The zero-order chi connectivity index (χ0) is 23.5. The normalized spacial score (nSPS) is 11.5. The number of methoxy groups -OCH3 is 1. The number of hydrogen-bond donors (Lipinski definition) is 1. The van der Waals surface area contributed by atoms with Crippen molar-refractivity contribution in [2.75, 3.05) is 7.11 Å². The summed E-state index contributed by atoms with van der Waals surface area (Å²) >= 11 is 0. The van der Waals surface area contributed by atoms with Crippen LogP contribution in [-0.2, 0) is 29.0 Å². The van der Waals surface area contributed by atoms with E-state index in [4.69, 9.17) is 9.47 Å². The highest BCUT2D eigenvalue weighted by Crippen LogP contribution is 2.16. The van der Waals surface area contributed by atoms with Crippen molar-refractivity contribution in [2.45, 2.75) is 45.3 Å². The minimum Gasteiger partial charge on any atom is -0.489 e. The second-order valence-corrected chi connectivity index (χ2v) is 7.97. The van der Waals surface area contributed by atoms with Gasteiger partial charge in [0, 0.05) is 12.0 Å². The maximum atomic E-state index is 12.7. The topological polar surface area (TPSA) is 64.6 Å². The lowest BCUT2D eigenvalue weighted by Gasteiger charge is -2.17. The van der Waals surface area contributed by atoms with Crippen LogP contribution < -0.4 is 10.1 Å². The molecular formula is C28H31NO4. The molecule has 0 radical (unpaired) electrons. The number of rotatable bonds is 11. The molecule has 0 saturated heterocycles. The molecule has 0 bridgehead atoms. The van der Waals surface area contributed by atoms with Gasteiger partial charge < -0.3 is 14.8 Å². The Hall–Kier alpha value is -3.60. The van der Waals surface area contributed by atoms with Gasteiger partial charge in [-0.3, -0.25) is 4.79 Å². The van der Waals surface area contributed by atoms with Gasteiger partial charge in [-0.2, -0.15) is 0 Å². The Labute approximate surface area is 195 Å². The molecule has 5 heteroatoms. The van der Waals surface area contributed by atoms with E-state index in [0.29, 0.717) is 24.3 Å². The molecule has 1 N–H and O–H groups in total. The smallest absolute Gasteiger partial charge is 0.328 e. The summed E-state index contributed by atoms with van der Waals surface area (Å²) in [6.07, 6.45) is 3.85. The molecule has 3 rings (SSSR count). The van der Waals surface area contributed by atoms with Crippen molar-refractivity contribution in [3.8, 4) is 5.75 Å². The number of hydrogen-bond acceptors (Lipinski definition) is 4.